The first-order valence-electron chi connectivity index (χ1n) is 7.55. The minimum atomic E-state index is -0.426. The summed E-state index contributed by atoms with van der Waals surface area (Å²) >= 11 is 6.20. The van der Waals surface area contributed by atoms with Crippen LogP contribution in [-0.4, -0.2) is 36.5 Å². The molecule has 1 aromatic rings. The van der Waals surface area contributed by atoms with Gasteiger partial charge in [0.1, 0.15) is 0 Å². The van der Waals surface area contributed by atoms with E-state index in [0.29, 0.717) is 5.92 Å². The van der Waals surface area contributed by atoms with Gasteiger partial charge < -0.3 is 11.1 Å². The number of halogens is 2. The summed E-state index contributed by atoms with van der Waals surface area (Å²) in [6, 6.07) is 7.58. The van der Waals surface area contributed by atoms with Gasteiger partial charge in [-0.2, -0.15) is 0 Å². The van der Waals surface area contributed by atoms with E-state index in [1.807, 2.05) is 18.2 Å². The van der Waals surface area contributed by atoms with Crippen molar-refractivity contribution < 1.29 is 4.79 Å². The van der Waals surface area contributed by atoms with Crippen molar-refractivity contribution in [2.75, 3.05) is 19.6 Å². The Labute approximate surface area is 143 Å². The molecule has 0 radical (unpaired) electrons. The highest BCUT2D eigenvalue weighted by Gasteiger charge is 2.20. The molecule has 1 heterocycles. The SMILES string of the molecule is CC(N)C(=O)NCC1CCN(Cc2ccccc2Cl)CC1.Cl. The highest BCUT2D eigenvalue weighted by molar-refractivity contribution is 6.31. The first-order chi connectivity index (χ1) is 10.1. The van der Waals surface area contributed by atoms with Gasteiger partial charge in [-0.1, -0.05) is 29.8 Å². The van der Waals surface area contributed by atoms with Crippen molar-refractivity contribution in [3.8, 4) is 0 Å². The van der Waals surface area contributed by atoms with Crippen LogP contribution >= 0.6 is 24.0 Å². The zero-order chi connectivity index (χ0) is 15.2. The molecule has 0 bridgehead atoms. The molecule has 6 heteroatoms. The van der Waals surface area contributed by atoms with E-state index in [1.165, 1.54) is 5.56 Å². The molecule has 1 unspecified atom stereocenters. The molecule has 124 valence electrons. The van der Waals surface area contributed by atoms with Crippen LogP contribution in [0.25, 0.3) is 0 Å². The smallest absolute Gasteiger partial charge is 0.236 e. The molecule has 1 saturated heterocycles. The highest BCUT2D eigenvalue weighted by Crippen LogP contribution is 2.21. The second-order valence-corrected chi connectivity index (χ2v) is 6.25. The lowest BCUT2D eigenvalue weighted by atomic mass is 9.96. The lowest BCUT2D eigenvalue weighted by Crippen LogP contribution is -2.43. The number of nitrogens with two attached hydrogens (primary N) is 1. The third-order valence-electron chi connectivity index (χ3n) is 4.04. The van der Waals surface area contributed by atoms with Crippen molar-refractivity contribution in [3.63, 3.8) is 0 Å². The Hall–Kier alpha value is -0.810. The molecule has 4 nitrogen and oxygen atoms in total. The van der Waals surface area contributed by atoms with Gasteiger partial charge in [0.25, 0.3) is 0 Å². The summed E-state index contributed by atoms with van der Waals surface area (Å²) in [7, 11) is 0. The fraction of sp³-hybridized carbons (Fsp3) is 0.562. The second-order valence-electron chi connectivity index (χ2n) is 5.84. The van der Waals surface area contributed by atoms with Gasteiger partial charge in [0.2, 0.25) is 5.91 Å². The molecular formula is C16H25Cl2N3O. The molecule has 1 aromatic carbocycles. The first-order valence-corrected chi connectivity index (χ1v) is 7.93. The fourth-order valence-electron chi connectivity index (χ4n) is 2.62. The molecule has 1 atom stereocenters. The van der Waals surface area contributed by atoms with E-state index >= 15 is 0 Å². The maximum absolute atomic E-state index is 11.5. The van der Waals surface area contributed by atoms with Crippen molar-refractivity contribution in [1.29, 1.82) is 0 Å². The van der Waals surface area contributed by atoms with E-state index in [0.717, 1.165) is 44.0 Å². The Balaban J connectivity index is 0.00000242. The molecule has 1 aliphatic rings. The van der Waals surface area contributed by atoms with Crippen LogP contribution in [-0.2, 0) is 11.3 Å². The van der Waals surface area contributed by atoms with Gasteiger partial charge in [-0.15, -0.1) is 12.4 Å². The number of rotatable bonds is 5. The van der Waals surface area contributed by atoms with E-state index in [4.69, 9.17) is 17.3 Å². The van der Waals surface area contributed by atoms with E-state index in [9.17, 15) is 4.79 Å². The standard InChI is InChI=1S/C16H24ClN3O.ClH/c1-12(18)16(21)19-10-13-6-8-20(9-7-13)11-14-4-2-3-5-15(14)17;/h2-5,12-13H,6-11,18H2,1H3,(H,19,21);1H. The van der Waals surface area contributed by atoms with Crippen LogP contribution < -0.4 is 11.1 Å². The van der Waals surface area contributed by atoms with Crippen molar-refractivity contribution in [2.24, 2.45) is 11.7 Å². The minimum Gasteiger partial charge on any atom is -0.354 e. The first kappa shape index (κ1) is 19.2. The highest BCUT2D eigenvalue weighted by atomic mass is 35.5. The molecule has 0 saturated carbocycles. The lowest BCUT2D eigenvalue weighted by molar-refractivity contribution is -0.122. The number of benzene rings is 1. The zero-order valence-electron chi connectivity index (χ0n) is 12.9. The minimum absolute atomic E-state index is 0. The van der Waals surface area contributed by atoms with E-state index in [1.54, 1.807) is 6.92 Å². The van der Waals surface area contributed by atoms with Gasteiger partial charge in [-0.25, -0.2) is 0 Å². The molecule has 0 aliphatic carbocycles. The van der Waals surface area contributed by atoms with Gasteiger partial charge in [0, 0.05) is 18.1 Å². The third-order valence-corrected chi connectivity index (χ3v) is 4.41. The summed E-state index contributed by atoms with van der Waals surface area (Å²) in [5.41, 5.74) is 6.72. The number of nitrogens with zero attached hydrogens (tertiary/aromatic N) is 1. The summed E-state index contributed by atoms with van der Waals surface area (Å²) < 4.78 is 0. The number of carbonyl (C=O) groups excluding carboxylic acids is 1. The maximum Gasteiger partial charge on any atom is 0.236 e. The normalized spacial score (nSPS) is 17.6. The molecule has 0 aromatic heterocycles. The number of hydrogen-bond acceptors (Lipinski definition) is 3. The van der Waals surface area contributed by atoms with E-state index in [-0.39, 0.29) is 18.3 Å². The molecule has 3 N–H and O–H groups in total. The van der Waals surface area contributed by atoms with Gasteiger partial charge in [-0.3, -0.25) is 9.69 Å². The van der Waals surface area contributed by atoms with Gasteiger partial charge in [0.05, 0.1) is 6.04 Å². The second kappa shape index (κ2) is 9.36. The number of amides is 1. The monoisotopic (exact) mass is 345 g/mol. The van der Waals surface area contributed by atoms with Crippen LogP contribution in [0.15, 0.2) is 24.3 Å². The predicted octanol–water partition coefficient (Wildman–Crippen LogP) is 2.44. The number of carbonyl (C=O) groups is 1. The molecular weight excluding hydrogens is 321 g/mol. The Kier molecular flexibility index (Phi) is 8.18. The number of nitrogens with one attached hydrogen (secondary N) is 1. The summed E-state index contributed by atoms with van der Waals surface area (Å²) in [6.07, 6.45) is 2.20. The topological polar surface area (TPSA) is 58.4 Å². The van der Waals surface area contributed by atoms with Crippen molar-refractivity contribution in [3.05, 3.63) is 34.9 Å². The van der Waals surface area contributed by atoms with E-state index in [2.05, 4.69) is 16.3 Å². The molecule has 2 rings (SSSR count). The molecule has 22 heavy (non-hydrogen) atoms. The number of piperidine rings is 1. The van der Waals surface area contributed by atoms with Crippen LogP contribution in [0.2, 0.25) is 5.02 Å². The summed E-state index contributed by atoms with van der Waals surface area (Å²) in [5, 5.41) is 3.76. The van der Waals surface area contributed by atoms with Crippen molar-refractivity contribution in [2.45, 2.75) is 32.4 Å². The quantitative estimate of drug-likeness (QED) is 0.861. The summed E-state index contributed by atoms with van der Waals surface area (Å²) in [6.45, 7) is 5.44. The Bertz CT molecular complexity index is 474. The average Bonchev–Trinajstić information content (AvgIpc) is 2.48. The van der Waals surface area contributed by atoms with Crippen molar-refractivity contribution in [1.82, 2.24) is 10.2 Å². The number of hydrogen-bond donors (Lipinski definition) is 2. The van der Waals surface area contributed by atoms with Crippen LogP contribution in [0, 0.1) is 5.92 Å². The van der Waals surface area contributed by atoms with Crippen molar-refractivity contribution >= 4 is 29.9 Å². The van der Waals surface area contributed by atoms with Crippen LogP contribution in [0.3, 0.4) is 0 Å². The maximum atomic E-state index is 11.5. The lowest BCUT2D eigenvalue weighted by Gasteiger charge is -2.32. The zero-order valence-corrected chi connectivity index (χ0v) is 14.5. The largest absolute Gasteiger partial charge is 0.354 e. The molecule has 0 spiro atoms. The van der Waals surface area contributed by atoms with Gasteiger partial charge in [0.15, 0.2) is 0 Å². The van der Waals surface area contributed by atoms with Crippen LogP contribution in [0.5, 0.6) is 0 Å². The Morgan fingerprint density at radius 1 is 1.41 bits per heavy atom. The van der Waals surface area contributed by atoms with Gasteiger partial charge >= 0.3 is 0 Å². The van der Waals surface area contributed by atoms with Crippen LogP contribution in [0.4, 0.5) is 0 Å². The number of likely N-dealkylation sites (tertiary alicyclic amines) is 1. The summed E-state index contributed by atoms with van der Waals surface area (Å²) in [5.74, 6) is 0.490. The average molecular weight is 346 g/mol. The molecule has 1 amide bonds. The molecule has 1 aliphatic heterocycles. The Morgan fingerprint density at radius 2 is 2.05 bits per heavy atom. The van der Waals surface area contributed by atoms with E-state index < -0.39 is 6.04 Å². The van der Waals surface area contributed by atoms with Crippen LogP contribution in [0.1, 0.15) is 25.3 Å². The Morgan fingerprint density at radius 3 is 2.64 bits per heavy atom. The fourth-order valence-corrected chi connectivity index (χ4v) is 2.82. The summed E-state index contributed by atoms with van der Waals surface area (Å²) in [4.78, 5) is 13.9. The third kappa shape index (κ3) is 5.76. The predicted molar refractivity (Wildman–Crippen MR) is 93.4 cm³/mol. The molecule has 1 fully saturated rings. The van der Waals surface area contributed by atoms with Gasteiger partial charge in [-0.05, 0) is 50.4 Å².